The van der Waals surface area contributed by atoms with Crippen molar-refractivity contribution in [3.05, 3.63) is 29.8 Å². The standard InChI is InChI=1S/C16H23F3N2O.ClH/c1-15(2,3)14(21-10-8-20-9-11-21)12-4-6-13(7-5-12)22-16(17,18)19;/h4-7,14,20H,8-11H2,1-3H3;1H/t14-;/m1./s1. The van der Waals surface area contributed by atoms with Crippen LogP contribution in [0.5, 0.6) is 5.75 Å². The number of nitrogens with zero attached hydrogens (tertiary/aromatic N) is 1. The first-order valence-corrected chi connectivity index (χ1v) is 7.47. The Morgan fingerprint density at radius 1 is 1.04 bits per heavy atom. The first kappa shape index (κ1) is 20.1. The number of benzene rings is 1. The molecule has 2 rings (SSSR count). The van der Waals surface area contributed by atoms with Gasteiger partial charge in [0.15, 0.2) is 0 Å². The summed E-state index contributed by atoms with van der Waals surface area (Å²) < 4.78 is 40.7. The van der Waals surface area contributed by atoms with Crippen molar-refractivity contribution >= 4 is 12.4 Å². The molecule has 23 heavy (non-hydrogen) atoms. The first-order chi connectivity index (χ1) is 10.2. The highest BCUT2D eigenvalue weighted by Gasteiger charge is 2.33. The Balaban J connectivity index is 0.00000264. The van der Waals surface area contributed by atoms with Crippen LogP contribution in [0.4, 0.5) is 13.2 Å². The summed E-state index contributed by atoms with van der Waals surface area (Å²) in [5, 5.41) is 3.32. The van der Waals surface area contributed by atoms with Gasteiger partial charge in [-0.1, -0.05) is 32.9 Å². The summed E-state index contributed by atoms with van der Waals surface area (Å²) in [5.74, 6) is -0.177. The van der Waals surface area contributed by atoms with Gasteiger partial charge in [0.05, 0.1) is 0 Å². The Labute approximate surface area is 141 Å². The van der Waals surface area contributed by atoms with Crippen molar-refractivity contribution in [2.45, 2.75) is 33.2 Å². The third kappa shape index (κ3) is 5.86. The van der Waals surface area contributed by atoms with Crippen LogP contribution < -0.4 is 10.1 Å². The van der Waals surface area contributed by atoms with E-state index in [2.05, 4.69) is 35.7 Å². The van der Waals surface area contributed by atoms with Crippen LogP contribution in [-0.4, -0.2) is 37.4 Å². The van der Waals surface area contributed by atoms with Crippen LogP contribution in [0.15, 0.2) is 24.3 Å². The molecule has 1 aromatic rings. The minimum atomic E-state index is -4.65. The highest BCUT2D eigenvalue weighted by atomic mass is 35.5. The summed E-state index contributed by atoms with van der Waals surface area (Å²) in [6, 6.07) is 6.42. The van der Waals surface area contributed by atoms with E-state index in [4.69, 9.17) is 0 Å². The number of alkyl halides is 3. The maximum absolute atomic E-state index is 12.2. The lowest BCUT2D eigenvalue weighted by Gasteiger charge is -2.42. The molecular formula is C16H24ClF3N2O. The average Bonchev–Trinajstić information content (AvgIpc) is 2.39. The van der Waals surface area contributed by atoms with Crippen molar-refractivity contribution in [1.82, 2.24) is 10.2 Å². The zero-order valence-corrected chi connectivity index (χ0v) is 14.4. The molecule has 0 aromatic heterocycles. The van der Waals surface area contributed by atoms with Crippen LogP contribution in [-0.2, 0) is 0 Å². The molecule has 1 saturated heterocycles. The number of piperazine rings is 1. The molecule has 0 aliphatic carbocycles. The highest BCUT2D eigenvalue weighted by molar-refractivity contribution is 5.85. The summed E-state index contributed by atoms with van der Waals surface area (Å²) in [5.41, 5.74) is 1.01. The fraction of sp³-hybridized carbons (Fsp3) is 0.625. The normalized spacial score (nSPS) is 18.2. The van der Waals surface area contributed by atoms with Gasteiger partial charge in [-0.25, -0.2) is 0 Å². The molecule has 0 spiro atoms. The molecule has 3 nitrogen and oxygen atoms in total. The largest absolute Gasteiger partial charge is 0.573 e. The third-order valence-electron chi connectivity index (χ3n) is 3.77. The Morgan fingerprint density at radius 3 is 2.00 bits per heavy atom. The van der Waals surface area contributed by atoms with E-state index in [0.717, 1.165) is 31.7 Å². The SMILES string of the molecule is CC(C)(C)[C@@H](c1ccc(OC(F)(F)F)cc1)N1CCNCC1.Cl. The lowest BCUT2D eigenvalue weighted by molar-refractivity contribution is -0.274. The van der Waals surface area contributed by atoms with Gasteiger partial charge in [0.1, 0.15) is 5.75 Å². The second kappa shape index (κ2) is 7.73. The van der Waals surface area contributed by atoms with Gasteiger partial charge in [-0.05, 0) is 23.1 Å². The molecule has 0 amide bonds. The van der Waals surface area contributed by atoms with Gasteiger partial charge in [0, 0.05) is 32.2 Å². The van der Waals surface area contributed by atoms with Crippen LogP contribution in [0.25, 0.3) is 0 Å². The van der Waals surface area contributed by atoms with Gasteiger partial charge < -0.3 is 10.1 Å². The zero-order chi connectivity index (χ0) is 16.4. The van der Waals surface area contributed by atoms with Crippen molar-refractivity contribution in [3.8, 4) is 5.75 Å². The molecule has 1 aliphatic heterocycles. The topological polar surface area (TPSA) is 24.5 Å². The predicted octanol–water partition coefficient (Wildman–Crippen LogP) is 4.00. The molecular weight excluding hydrogens is 329 g/mol. The number of halogens is 4. The lowest BCUT2D eigenvalue weighted by atomic mass is 9.81. The summed E-state index contributed by atoms with van der Waals surface area (Å²) in [6.45, 7) is 10.2. The summed E-state index contributed by atoms with van der Waals surface area (Å²) in [7, 11) is 0. The lowest BCUT2D eigenvalue weighted by Crippen LogP contribution is -2.48. The van der Waals surface area contributed by atoms with Crippen LogP contribution >= 0.6 is 12.4 Å². The molecule has 0 unspecified atom stereocenters. The van der Waals surface area contributed by atoms with Crippen molar-refractivity contribution in [2.75, 3.05) is 26.2 Å². The average molecular weight is 353 g/mol. The molecule has 1 aliphatic rings. The summed E-state index contributed by atoms with van der Waals surface area (Å²) in [6.07, 6.45) is -4.65. The smallest absolute Gasteiger partial charge is 0.406 e. The molecule has 1 atom stereocenters. The molecule has 0 saturated carbocycles. The number of hydrogen-bond acceptors (Lipinski definition) is 3. The summed E-state index contributed by atoms with van der Waals surface area (Å²) >= 11 is 0. The Kier molecular flexibility index (Phi) is 6.74. The molecule has 0 bridgehead atoms. The fourth-order valence-electron chi connectivity index (χ4n) is 3.05. The predicted molar refractivity (Wildman–Crippen MR) is 87.0 cm³/mol. The first-order valence-electron chi connectivity index (χ1n) is 7.47. The number of rotatable bonds is 3. The number of nitrogens with one attached hydrogen (secondary N) is 1. The molecule has 0 radical (unpaired) electrons. The second-order valence-corrected chi connectivity index (χ2v) is 6.67. The van der Waals surface area contributed by atoms with Crippen LogP contribution in [0.3, 0.4) is 0 Å². The van der Waals surface area contributed by atoms with Crippen molar-refractivity contribution in [2.24, 2.45) is 5.41 Å². The van der Waals surface area contributed by atoms with Crippen LogP contribution in [0, 0.1) is 5.41 Å². The Morgan fingerprint density at radius 2 is 1.57 bits per heavy atom. The zero-order valence-electron chi connectivity index (χ0n) is 13.6. The molecule has 1 heterocycles. The van der Waals surface area contributed by atoms with E-state index in [1.807, 2.05) is 0 Å². The second-order valence-electron chi connectivity index (χ2n) is 6.67. The molecule has 7 heteroatoms. The number of hydrogen-bond donors (Lipinski definition) is 1. The van der Waals surface area contributed by atoms with Gasteiger partial charge in [-0.3, -0.25) is 4.90 Å². The van der Waals surface area contributed by atoms with Crippen molar-refractivity contribution < 1.29 is 17.9 Å². The fourth-order valence-corrected chi connectivity index (χ4v) is 3.05. The van der Waals surface area contributed by atoms with Gasteiger partial charge >= 0.3 is 6.36 Å². The van der Waals surface area contributed by atoms with Gasteiger partial charge in [-0.15, -0.1) is 25.6 Å². The molecule has 1 fully saturated rings. The molecule has 1 aromatic carbocycles. The quantitative estimate of drug-likeness (QED) is 0.890. The Hall–Kier alpha value is -0.980. The summed E-state index contributed by atoms with van der Waals surface area (Å²) in [4.78, 5) is 2.39. The third-order valence-corrected chi connectivity index (χ3v) is 3.77. The van der Waals surface area contributed by atoms with E-state index < -0.39 is 6.36 Å². The van der Waals surface area contributed by atoms with Crippen LogP contribution in [0.2, 0.25) is 0 Å². The highest BCUT2D eigenvalue weighted by Crippen LogP contribution is 2.38. The molecule has 132 valence electrons. The van der Waals surface area contributed by atoms with Crippen molar-refractivity contribution in [1.29, 1.82) is 0 Å². The van der Waals surface area contributed by atoms with Crippen LogP contribution in [0.1, 0.15) is 32.4 Å². The van der Waals surface area contributed by atoms with Crippen molar-refractivity contribution in [3.63, 3.8) is 0 Å². The van der Waals surface area contributed by atoms with E-state index in [0.29, 0.717) is 0 Å². The monoisotopic (exact) mass is 352 g/mol. The minimum Gasteiger partial charge on any atom is -0.406 e. The maximum atomic E-state index is 12.2. The van der Waals surface area contributed by atoms with Gasteiger partial charge in [0.2, 0.25) is 0 Å². The minimum absolute atomic E-state index is 0. The van der Waals surface area contributed by atoms with E-state index >= 15 is 0 Å². The molecule has 1 N–H and O–H groups in total. The van der Waals surface area contributed by atoms with E-state index in [1.165, 1.54) is 12.1 Å². The maximum Gasteiger partial charge on any atom is 0.573 e. The Bertz CT molecular complexity index is 480. The van der Waals surface area contributed by atoms with E-state index in [-0.39, 0.29) is 29.6 Å². The van der Waals surface area contributed by atoms with Gasteiger partial charge in [0.25, 0.3) is 0 Å². The van der Waals surface area contributed by atoms with Gasteiger partial charge in [-0.2, -0.15) is 0 Å². The van der Waals surface area contributed by atoms with E-state index in [1.54, 1.807) is 12.1 Å². The van der Waals surface area contributed by atoms with E-state index in [9.17, 15) is 13.2 Å². The number of ether oxygens (including phenoxy) is 1.